The van der Waals surface area contributed by atoms with Gasteiger partial charge in [0.2, 0.25) is 5.91 Å². The molecule has 0 fully saturated rings. The van der Waals surface area contributed by atoms with Crippen molar-refractivity contribution in [1.29, 1.82) is 0 Å². The van der Waals surface area contributed by atoms with Crippen LogP contribution in [0.1, 0.15) is 5.56 Å². The van der Waals surface area contributed by atoms with Gasteiger partial charge in [0.15, 0.2) is 0 Å². The van der Waals surface area contributed by atoms with E-state index in [4.69, 9.17) is 34.8 Å². The summed E-state index contributed by atoms with van der Waals surface area (Å²) < 4.78 is 0.930. The molecular formula is C13H10Cl3N3O2. The molecule has 1 aromatic carbocycles. The molecule has 0 unspecified atom stereocenters. The summed E-state index contributed by atoms with van der Waals surface area (Å²) in [6.45, 7) is 1.58. The van der Waals surface area contributed by atoms with Crippen LogP contribution in [0.15, 0.2) is 29.2 Å². The van der Waals surface area contributed by atoms with Crippen LogP contribution in [0.25, 0.3) is 0 Å². The second kappa shape index (κ2) is 6.47. The van der Waals surface area contributed by atoms with Crippen LogP contribution in [0.5, 0.6) is 0 Å². The highest BCUT2D eigenvalue weighted by molar-refractivity contribution is 6.41. The predicted octanol–water partition coefficient (Wildman–Crippen LogP) is 3.15. The first-order chi connectivity index (χ1) is 9.88. The molecule has 1 aromatic heterocycles. The molecule has 0 saturated heterocycles. The summed E-state index contributed by atoms with van der Waals surface area (Å²) in [5.41, 5.74) is 0.807. The summed E-state index contributed by atoms with van der Waals surface area (Å²) in [7, 11) is 0. The van der Waals surface area contributed by atoms with E-state index in [-0.39, 0.29) is 16.6 Å². The standard InChI is InChI=1S/C13H10Cl3N3O2/c1-7-2-3-8(4-9(7)14)18-11(20)6-19-13(21)12(16)10(15)5-17-19/h2-5H,6H2,1H3,(H,18,20). The second-order valence-electron chi connectivity index (χ2n) is 4.28. The van der Waals surface area contributed by atoms with E-state index in [0.29, 0.717) is 10.7 Å². The van der Waals surface area contributed by atoms with Gasteiger partial charge in [-0.1, -0.05) is 40.9 Å². The highest BCUT2D eigenvalue weighted by Crippen LogP contribution is 2.20. The predicted molar refractivity (Wildman–Crippen MR) is 83.3 cm³/mol. The summed E-state index contributed by atoms with van der Waals surface area (Å²) in [6, 6.07) is 5.12. The summed E-state index contributed by atoms with van der Waals surface area (Å²) in [4.78, 5) is 23.7. The first-order valence-corrected chi connectivity index (χ1v) is 6.99. The van der Waals surface area contributed by atoms with Gasteiger partial charge < -0.3 is 5.32 Å². The van der Waals surface area contributed by atoms with Gasteiger partial charge in [-0.05, 0) is 24.6 Å². The number of halogens is 3. The molecule has 0 saturated carbocycles. The highest BCUT2D eigenvalue weighted by Gasteiger charge is 2.11. The maximum atomic E-state index is 11.9. The molecule has 5 nitrogen and oxygen atoms in total. The Kier molecular flexibility index (Phi) is 4.88. The Morgan fingerprint density at radius 1 is 1.29 bits per heavy atom. The van der Waals surface area contributed by atoms with Gasteiger partial charge in [0.1, 0.15) is 11.6 Å². The van der Waals surface area contributed by atoms with E-state index in [1.54, 1.807) is 18.2 Å². The first kappa shape index (κ1) is 15.8. The minimum atomic E-state index is -0.624. The molecule has 21 heavy (non-hydrogen) atoms. The van der Waals surface area contributed by atoms with Crippen molar-refractivity contribution in [2.24, 2.45) is 0 Å². The summed E-state index contributed by atoms with van der Waals surface area (Å²) in [5.74, 6) is -0.428. The van der Waals surface area contributed by atoms with Crippen LogP contribution in [-0.4, -0.2) is 15.7 Å². The van der Waals surface area contributed by atoms with E-state index in [2.05, 4.69) is 10.4 Å². The molecule has 0 aliphatic heterocycles. The quantitative estimate of drug-likeness (QED) is 0.928. The number of hydrogen-bond acceptors (Lipinski definition) is 3. The largest absolute Gasteiger partial charge is 0.324 e. The van der Waals surface area contributed by atoms with Gasteiger partial charge >= 0.3 is 0 Å². The van der Waals surface area contributed by atoms with Crippen molar-refractivity contribution < 1.29 is 4.79 Å². The Morgan fingerprint density at radius 3 is 2.67 bits per heavy atom. The normalized spacial score (nSPS) is 10.5. The number of carbonyl (C=O) groups is 1. The lowest BCUT2D eigenvalue weighted by molar-refractivity contribution is -0.117. The third kappa shape index (κ3) is 3.75. The highest BCUT2D eigenvalue weighted by atomic mass is 35.5. The molecule has 0 atom stereocenters. The number of nitrogens with one attached hydrogen (secondary N) is 1. The van der Waals surface area contributed by atoms with Gasteiger partial charge in [-0.2, -0.15) is 5.10 Å². The zero-order valence-electron chi connectivity index (χ0n) is 10.9. The van der Waals surface area contributed by atoms with Crippen LogP contribution in [0.4, 0.5) is 5.69 Å². The molecule has 1 N–H and O–H groups in total. The second-order valence-corrected chi connectivity index (χ2v) is 5.47. The average Bonchev–Trinajstić information content (AvgIpc) is 2.44. The van der Waals surface area contributed by atoms with E-state index in [1.165, 1.54) is 6.20 Å². The number of aryl methyl sites for hydroxylation is 1. The molecule has 0 bridgehead atoms. The molecule has 110 valence electrons. The van der Waals surface area contributed by atoms with Gasteiger partial charge in [-0.25, -0.2) is 4.68 Å². The Bertz CT molecular complexity index is 759. The fraction of sp³-hybridized carbons (Fsp3) is 0.154. The Balaban J connectivity index is 2.14. The van der Waals surface area contributed by atoms with Crippen molar-refractivity contribution in [3.05, 3.63) is 55.4 Å². The molecule has 2 aromatic rings. The molecule has 0 radical (unpaired) electrons. The molecular weight excluding hydrogens is 337 g/mol. The maximum Gasteiger partial charge on any atom is 0.287 e. The van der Waals surface area contributed by atoms with E-state index in [9.17, 15) is 9.59 Å². The van der Waals surface area contributed by atoms with E-state index < -0.39 is 11.5 Å². The minimum Gasteiger partial charge on any atom is -0.324 e. The van der Waals surface area contributed by atoms with Crippen LogP contribution in [0, 0.1) is 6.92 Å². The summed E-state index contributed by atoms with van der Waals surface area (Å²) >= 11 is 17.3. The van der Waals surface area contributed by atoms with E-state index in [0.717, 1.165) is 10.2 Å². The Morgan fingerprint density at radius 2 is 2.00 bits per heavy atom. The minimum absolute atomic E-state index is 0.0450. The van der Waals surface area contributed by atoms with Crippen molar-refractivity contribution >= 4 is 46.4 Å². The van der Waals surface area contributed by atoms with Gasteiger partial charge in [-0.3, -0.25) is 9.59 Å². The number of amides is 1. The molecule has 0 aliphatic carbocycles. The lowest BCUT2D eigenvalue weighted by atomic mass is 10.2. The van der Waals surface area contributed by atoms with Gasteiger partial charge in [0, 0.05) is 10.7 Å². The summed E-state index contributed by atoms with van der Waals surface area (Å²) in [6.07, 6.45) is 1.21. The third-order valence-corrected chi connectivity index (χ3v) is 3.85. The third-order valence-electron chi connectivity index (χ3n) is 2.69. The van der Waals surface area contributed by atoms with Gasteiger partial charge in [0.25, 0.3) is 5.56 Å². The lowest BCUT2D eigenvalue weighted by Gasteiger charge is -2.08. The SMILES string of the molecule is Cc1ccc(NC(=O)Cn2ncc(Cl)c(Cl)c2=O)cc1Cl. The van der Waals surface area contributed by atoms with Gasteiger partial charge in [-0.15, -0.1) is 0 Å². The number of hydrogen-bond donors (Lipinski definition) is 1. The molecule has 8 heteroatoms. The molecule has 0 spiro atoms. The Hall–Kier alpha value is -1.56. The Labute approximate surface area is 135 Å². The fourth-order valence-electron chi connectivity index (χ4n) is 1.56. The fourth-order valence-corrected chi connectivity index (χ4v) is 2.02. The maximum absolute atomic E-state index is 11.9. The first-order valence-electron chi connectivity index (χ1n) is 5.85. The van der Waals surface area contributed by atoms with Crippen molar-refractivity contribution in [3.8, 4) is 0 Å². The smallest absolute Gasteiger partial charge is 0.287 e. The number of carbonyl (C=O) groups excluding carboxylic acids is 1. The molecule has 1 heterocycles. The molecule has 2 rings (SSSR count). The van der Waals surface area contributed by atoms with E-state index >= 15 is 0 Å². The monoisotopic (exact) mass is 345 g/mol. The van der Waals surface area contributed by atoms with Crippen LogP contribution < -0.4 is 10.9 Å². The van der Waals surface area contributed by atoms with Crippen molar-refractivity contribution in [3.63, 3.8) is 0 Å². The number of anilines is 1. The zero-order chi connectivity index (χ0) is 15.6. The van der Waals surface area contributed by atoms with E-state index in [1.807, 2.05) is 6.92 Å². The van der Waals surface area contributed by atoms with Crippen LogP contribution in [0.3, 0.4) is 0 Å². The summed E-state index contributed by atoms with van der Waals surface area (Å²) in [5, 5.41) is 6.79. The van der Waals surface area contributed by atoms with Gasteiger partial charge in [0.05, 0.1) is 11.2 Å². The van der Waals surface area contributed by atoms with Crippen LogP contribution in [-0.2, 0) is 11.3 Å². The van der Waals surface area contributed by atoms with Crippen molar-refractivity contribution in [2.45, 2.75) is 13.5 Å². The zero-order valence-corrected chi connectivity index (χ0v) is 13.1. The number of rotatable bonds is 3. The van der Waals surface area contributed by atoms with Crippen molar-refractivity contribution in [2.75, 3.05) is 5.32 Å². The topological polar surface area (TPSA) is 64.0 Å². The average molecular weight is 347 g/mol. The lowest BCUT2D eigenvalue weighted by Crippen LogP contribution is -2.29. The number of benzene rings is 1. The van der Waals surface area contributed by atoms with Crippen LogP contribution >= 0.6 is 34.8 Å². The molecule has 1 amide bonds. The van der Waals surface area contributed by atoms with Crippen molar-refractivity contribution in [1.82, 2.24) is 9.78 Å². The number of aromatic nitrogens is 2. The van der Waals surface area contributed by atoms with Crippen LogP contribution in [0.2, 0.25) is 15.1 Å². The molecule has 0 aliphatic rings. The number of nitrogens with zero attached hydrogens (tertiary/aromatic N) is 2.